The number of aryl methyl sites for hydroxylation is 3. The normalized spacial score (nSPS) is 11.7. The van der Waals surface area contributed by atoms with Crippen LogP contribution in [0.1, 0.15) is 16.7 Å². The SMILES string of the molecule is Cc1cc(N=Nc2ccc(Nc3ccc(N=Nc4c(S(=O)(=O)O)cc5ccc(N)cc5c4[O-])c(C)c3)cc2C)c(N)cc1N.[Na+]. The summed E-state index contributed by atoms with van der Waals surface area (Å²) >= 11 is 0. The van der Waals surface area contributed by atoms with Crippen LogP contribution in [0.3, 0.4) is 0 Å². The van der Waals surface area contributed by atoms with Crippen molar-refractivity contribution in [3.05, 3.63) is 89.5 Å². The van der Waals surface area contributed by atoms with Gasteiger partial charge in [-0.3, -0.25) is 4.55 Å². The van der Waals surface area contributed by atoms with Crippen molar-refractivity contribution in [2.75, 3.05) is 22.5 Å². The standard InChI is InChI=1S/C31H30N8O4S.Na/c1-16-12-28(25(34)15-24(16)33)38-36-26-8-6-21(10-17(26)2)35-22-7-9-27(18(3)11-22)37-39-30-29(44(41,42)43)13-19-4-5-20(32)14-23(19)31(30)40;/h4-15,35,40H,32-34H2,1-3H3,(H,41,42,43);/q;+1/p-1. The van der Waals surface area contributed by atoms with Gasteiger partial charge < -0.3 is 27.6 Å². The summed E-state index contributed by atoms with van der Waals surface area (Å²) in [4.78, 5) is -0.634. The van der Waals surface area contributed by atoms with Crippen LogP contribution >= 0.6 is 0 Å². The van der Waals surface area contributed by atoms with Crippen LogP contribution in [0.5, 0.6) is 5.75 Å². The van der Waals surface area contributed by atoms with E-state index >= 15 is 0 Å². The molecule has 0 heterocycles. The molecule has 0 amide bonds. The molecule has 12 nitrogen and oxygen atoms in total. The van der Waals surface area contributed by atoms with Crippen molar-refractivity contribution in [2.24, 2.45) is 20.5 Å². The fraction of sp³-hybridized carbons (Fsp3) is 0.0968. The monoisotopic (exact) mass is 632 g/mol. The summed E-state index contributed by atoms with van der Waals surface area (Å²) in [5.41, 5.74) is 24.2. The molecule has 224 valence electrons. The van der Waals surface area contributed by atoms with Crippen molar-refractivity contribution < 1.29 is 47.6 Å². The summed E-state index contributed by atoms with van der Waals surface area (Å²) in [5.74, 6) is -0.715. The van der Waals surface area contributed by atoms with Gasteiger partial charge in [-0.25, -0.2) is 0 Å². The Kier molecular flexibility index (Phi) is 9.80. The fourth-order valence-electron chi connectivity index (χ4n) is 4.52. The van der Waals surface area contributed by atoms with Crippen molar-refractivity contribution in [3.8, 4) is 5.75 Å². The zero-order chi connectivity index (χ0) is 31.8. The van der Waals surface area contributed by atoms with Gasteiger partial charge in [-0.15, -0.1) is 10.2 Å². The van der Waals surface area contributed by atoms with Gasteiger partial charge in [0.05, 0.1) is 22.7 Å². The molecular formula is C31H29N8NaO4S. The van der Waals surface area contributed by atoms with E-state index in [0.717, 1.165) is 22.5 Å². The fourth-order valence-corrected chi connectivity index (χ4v) is 5.17. The molecule has 0 unspecified atom stereocenters. The van der Waals surface area contributed by atoms with Crippen LogP contribution in [-0.4, -0.2) is 13.0 Å². The van der Waals surface area contributed by atoms with Crippen LogP contribution in [0.15, 0.2) is 98.1 Å². The van der Waals surface area contributed by atoms with Gasteiger partial charge in [0.15, 0.2) is 0 Å². The maximum atomic E-state index is 13.1. The minimum absolute atomic E-state index is 0. The van der Waals surface area contributed by atoms with Crippen LogP contribution in [0.4, 0.5) is 51.2 Å². The Labute approximate surface area is 282 Å². The van der Waals surface area contributed by atoms with Gasteiger partial charge >= 0.3 is 29.6 Å². The number of anilines is 5. The minimum atomic E-state index is -4.76. The topological polar surface area (TPSA) is 217 Å². The van der Waals surface area contributed by atoms with Gasteiger partial charge in [0, 0.05) is 22.7 Å². The molecular weight excluding hydrogens is 603 g/mol. The molecule has 0 atom stereocenters. The van der Waals surface area contributed by atoms with Crippen molar-refractivity contribution in [1.29, 1.82) is 0 Å². The molecule has 0 aliphatic heterocycles. The maximum absolute atomic E-state index is 13.1. The average molecular weight is 633 g/mol. The van der Waals surface area contributed by atoms with E-state index in [1.165, 1.54) is 24.3 Å². The molecule has 0 radical (unpaired) electrons. The summed E-state index contributed by atoms with van der Waals surface area (Å²) in [6.07, 6.45) is 0. The van der Waals surface area contributed by atoms with E-state index in [-0.39, 0.29) is 34.9 Å². The molecule has 0 fully saturated rings. The van der Waals surface area contributed by atoms with E-state index in [1.807, 2.05) is 38.1 Å². The molecule has 5 aromatic carbocycles. The van der Waals surface area contributed by atoms with E-state index in [4.69, 9.17) is 17.2 Å². The summed E-state index contributed by atoms with van der Waals surface area (Å²) < 4.78 is 33.9. The Morgan fingerprint density at radius 2 is 1.27 bits per heavy atom. The van der Waals surface area contributed by atoms with Crippen molar-refractivity contribution in [3.63, 3.8) is 0 Å². The predicted octanol–water partition coefficient (Wildman–Crippen LogP) is 4.41. The molecule has 0 saturated carbocycles. The minimum Gasteiger partial charge on any atom is -0.871 e. The molecule has 0 aromatic heterocycles. The van der Waals surface area contributed by atoms with Gasteiger partial charge in [0.25, 0.3) is 10.1 Å². The number of nitrogen functional groups attached to an aromatic ring is 3. The first-order valence-corrected chi connectivity index (χ1v) is 14.7. The maximum Gasteiger partial charge on any atom is 1.00 e. The molecule has 0 saturated heterocycles. The van der Waals surface area contributed by atoms with Crippen LogP contribution in [0.25, 0.3) is 10.8 Å². The van der Waals surface area contributed by atoms with Crippen molar-refractivity contribution >= 4 is 72.1 Å². The van der Waals surface area contributed by atoms with Gasteiger partial charge in [0.1, 0.15) is 10.6 Å². The molecule has 45 heavy (non-hydrogen) atoms. The van der Waals surface area contributed by atoms with E-state index in [2.05, 4.69) is 25.8 Å². The summed E-state index contributed by atoms with van der Waals surface area (Å²) in [6, 6.07) is 19.9. The Morgan fingerprint density at radius 3 is 1.84 bits per heavy atom. The first kappa shape index (κ1) is 33.4. The van der Waals surface area contributed by atoms with Crippen molar-refractivity contribution in [2.45, 2.75) is 25.7 Å². The van der Waals surface area contributed by atoms with Crippen LogP contribution < -0.4 is 57.2 Å². The number of rotatable bonds is 7. The summed E-state index contributed by atoms with van der Waals surface area (Å²) in [5, 5.41) is 33.6. The Bertz CT molecular complexity index is 2120. The molecule has 5 aromatic rings. The second-order valence-electron chi connectivity index (χ2n) is 10.3. The number of hydrogen-bond donors (Lipinski definition) is 5. The second kappa shape index (κ2) is 13.2. The van der Waals surface area contributed by atoms with E-state index < -0.39 is 26.5 Å². The number of azo groups is 2. The number of hydrogen-bond acceptors (Lipinski definition) is 11. The van der Waals surface area contributed by atoms with E-state index in [1.54, 1.807) is 31.2 Å². The first-order chi connectivity index (χ1) is 20.8. The molecule has 8 N–H and O–H groups in total. The molecule has 5 rings (SSSR count). The smallest absolute Gasteiger partial charge is 0.871 e. The van der Waals surface area contributed by atoms with Gasteiger partial charge in [-0.2, -0.15) is 18.6 Å². The number of nitrogens with zero attached hydrogens (tertiary/aromatic N) is 4. The average Bonchev–Trinajstić information content (AvgIpc) is 2.95. The second-order valence-corrected chi connectivity index (χ2v) is 11.7. The zero-order valence-electron chi connectivity index (χ0n) is 25.0. The molecule has 0 bridgehead atoms. The zero-order valence-corrected chi connectivity index (χ0v) is 27.8. The van der Waals surface area contributed by atoms with Gasteiger partial charge in [0.2, 0.25) is 0 Å². The van der Waals surface area contributed by atoms with Crippen LogP contribution in [0, 0.1) is 20.8 Å². The summed E-state index contributed by atoms with van der Waals surface area (Å²) in [7, 11) is -4.76. The molecule has 0 spiro atoms. The Hall–Kier alpha value is -4.53. The molecule has 0 aliphatic carbocycles. The van der Waals surface area contributed by atoms with E-state index in [0.29, 0.717) is 45.1 Å². The summed E-state index contributed by atoms with van der Waals surface area (Å²) in [6.45, 7) is 5.58. The van der Waals surface area contributed by atoms with Crippen LogP contribution in [-0.2, 0) is 10.1 Å². The number of fused-ring (bicyclic) bond motifs is 1. The largest absolute Gasteiger partial charge is 1.00 e. The molecule has 14 heteroatoms. The quantitative estimate of drug-likeness (QED) is 0.0747. The van der Waals surface area contributed by atoms with Crippen LogP contribution in [0.2, 0.25) is 0 Å². The van der Waals surface area contributed by atoms with Gasteiger partial charge in [-0.1, -0.05) is 11.8 Å². The van der Waals surface area contributed by atoms with E-state index in [9.17, 15) is 18.1 Å². The third-order valence-electron chi connectivity index (χ3n) is 6.96. The van der Waals surface area contributed by atoms with Crippen molar-refractivity contribution in [1.82, 2.24) is 0 Å². The molecule has 0 aliphatic rings. The third-order valence-corrected chi connectivity index (χ3v) is 7.82. The number of nitrogens with two attached hydrogens (primary N) is 3. The number of nitrogens with one attached hydrogen (secondary N) is 1. The Morgan fingerprint density at radius 1 is 0.689 bits per heavy atom. The van der Waals surface area contributed by atoms with Gasteiger partial charge in [-0.05, 0) is 115 Å². The first-order valence-electron chi connectivity index (χ1n) is 13.3. The third kappa shape index (κ3) is 7.41. The number of benzene rings is 5. The Balaban J connectivity index is 0.00000461. The predicted molar refractivity (Wildman–Crippen MR) is 172 cm³/mol.